The van der Waals surface area contributed by atoms with E-state index in [2.05, 4.69) is 22.0 Å². The Hall–Kier alpha value is -2.30. The number of fused-ring (bicyclic) bond motifs is 1. The van der Waals surface area contributed by atoms with Gasteiger partial charge in [-0.25, -0.2) is 4.98 Å². The van der Waals surface area contributed by atoms with Gasteiger partial charge >= 0.3 is 0 Å². The Balaban J connectivity index is 2.03. The van der Waals surface area contributed by atoms with E-state index in [0.717, 1.165) is 22.6 Å². The van der Waals surface area contributed by atoms with E-state index in [4.69, 9.17) is 4.74 Å². The summed E-state index contributed by atoms with van der Waals surface area (Å²) >= 11 is 0. The number of benzene rings is 1. The lowest BCUT2D eigenvalue weighted by Crippen LogP contribution is -2.08. The summed E-state index contributed by atoms with van der Waals surface area (Å²) in [5, 5.41) is 4.23. The number of nitrogens with zero attached hydrogens (tertiary/aromatic N) is 3. The first-order valence-electron chi connectivity index (χ1n) is 5.80. The predicted molar refractivity (Wildman–Crippen MR) is 68.7 cm³/mol. The molecule has 0 spiro atoms. The lowest BCUT2D eigenvalue weighted by atomic mass is 10.3. The van der Waals surface area contributed by atoms with Crippen molar-refractivity contribution >= 4 is 11.0 Å². The third-order valence-corrected chi connectivity index (χ3v) is 3.02. The molecule has 2 aromatic heterocycles. The molecule has 0 aliphatic rings. The minimum absolute atomic E-state index is 0.0818. The smallest absolute Gasteiger partial charge is 0.131 e. The van der Waals surface area contributed by atoms with Gasteiger partial charge in [-0.3, -0.25) is 4.68 Å². The Bertz CT molecular complexity index is 657. The zero-order valence-corrected chi connectivity index (χ0v) is 10.3. The van der Waals surface area contributed by atoms with E-state index in [1.807, 2.05) is 35.1 Å². The van der Waals surface area contributed by atoms with Gasteiger partial charge in [0.2, 0.25) is 0 Å². The minimum Gasteiger partial charge on any atom is -0.497 e. The Morgan fingerprint density at radius 2 is 2.28 bits per heavy atom. The molecule has 0 saturated heterocycles. The van der Waals surface area contributed by atoms with Crippen molar-refractivity contribution in [3.8, 4) is 5.75 Å². The van der Waals surface area contributed by atoms with Crippen molar-refractivity contribution in [3.63, 3.8) is 0 Å². The van der Waals surface area contributed by atoms with Crippen LogP contribution >= 0.6 is 0 Å². The second-order valence-electron chi connectivity index (χ2n) is 4.17. The maximum Gasteiger partial charge on any atom is 0.131 e. The van der Waals surface area contributed by atoms with Crippen LogP contribution in [-0.4, -0.2) is 26.9 Å². The summed E-state index contributed by atoms with van der Waals surface area (Å²) < 4.78 is 7.07. The van der Waals surface area contributed by atoms with Crippen molar-refractivity contribution in [2.75, 3.05) is 7.11 Å². The van der Waals surface area contributed by atoms with E-state index >= 15 is 0 Å². The van der Waals surface area contributed by atoms with Crippen LogP contribution in [0.3, 0.4) is 0 Å². The van der Waals surface area contributed by atoms with Crippen LogP contribution in [0.5, 0.6) is 5.75 Å². The van der Waals surface area contributed by atoms with Gasteiger partial charge < -0.3 is 9.72 Å². The standard InChI is InChI=1S/C13H14N4O/c1-9(17-7-3-6-14-17)13-15-11-5-4-10(18-2)8-12(11)16-13/h3-9H,1-2H3,(H,15,16). The van der Waals surface area contributed by atoms with E-state index in [1.54, 1.807) is 13.3 Å². The van der Waals surface area contributed by atoms with Crippen LogP contribution in [0.15, 0.2) is 36.7 Å². The summed E-state index contributed by atoms with van der Waals surface area (Å²) in [5.74, 6) is 1.71. The normalized spacial score (nSPS) is 12.8. The van der Waals surface area contributed by atoms with Gasteiger partial charge in [0, 0.05) is 18.5 Å². The topological polar surface area (TPSA) is 55.7 Å². The van der Waals surface area contributed by atoms with Gasteiger partial charge in [-0.05, 0) is 25.1 Å². The highest BCUT2D eigenvalue weighted by atomic mass is 16.5. The lowest BCUT2D eigenvalue weighted by Gasteiger charge is -2.08. The molecule has 2 heterocycles. The van der Waals surface area contributed by atoms with Crippen LogP contribution < -0.4 is 4.74 Å². The SMILES string of the molecule is COc1ccc2nc(C(C)n3cccn3)[nH]c2c1. The van der Waals surface area contributed by atoms with E-state index < -0.39 is 0 Å². The summed E-state index contributed by atoms with van der Waals surface area (Å²) in [7, 11) is 1.66. The fraction of sp³-hybridized carbons (Fsp3) is 0.231. The molecule has 0 amide bonds. The van der Waals surface area contributed by atoms with Crippen molar-refractivity contribution in [2.24, 2.45) is 0 Å². The molecule has 92 valence electrons. The number of imidazole rings is 1. The monoisotopic (exact) mass is 242 g/mol. The molecule has 3 rings (SSSR count). The molecule has 3 aromatic rings. The van der Waals surface area contributed by atoms with Crippen molar-refractivity contribution in [1.29, 1.82) is 0 Å². The quantitative estimate of drug-likeness (QED) is 0.767. The molecule has 0 bridgehead atoms. The molecule has 0 radical (unpaired) electrons. The Labute approximate surface area is 104 Å². The van der Waals surface area contributed by atoms with Crippen LogP contribution in [-0.2, 0) is 0 Å². The fourth-order valence-corrected chi connectivity index (χ4v) is 1.97. The van der Waals surface area contributed by atoms with Crippen LogP contribution in [0.25, 0.3) is 11.0 Å². The number of H-pyrrole nitrogens is 1. The molecular weight excluding hydrogens is 228 g/mol. The summed E-state index contributed by atoms with van der Waals surface area (Å²) in [4.78, 5) is 7.88. The number of methoxy groups -OCH3 is 1. The van der Waals surface area contributed by atoms with Gasteiger partial charge in [0.15, 0.2) is 0 Å². The van der Waals surface area contributed by atoms with Crippen molar-refractivity contribution < 1.29 is 4.74 Å². The molecule has 0 saturated carbocycles. The molecule has 5 heteroatoms. The van der Waals surface area contributed by atoms with E-state index in [0.29, 0.717) is 0 Å². The second kappa shape index (κ2) is 4.18. The zero-order chi connectivity index (χ0) is 12.5. The number of aromatic nitrogens is 4. The summed E-state index contributed by atoms with van der Waals surface area (Å²) in [6, 6.07) is 7.79. The third kappa shape index (κ3) is 1.73. The Kier molecular flexibility index (Phi) is 2.51. The van der Waals surface area contributed by atoms with Crippen molar-refractivity contribution in [1.82, 2.24) is 19.7 Å². The minimum atomic E-state index is 0.0818. The highest BCUT2D eigenvalue weighted by molar-refractivity contribution is 5.76. The number of nitrogens with one attached hydrogen (secondary N) is 1. The molecule has 0 aliphatic heterocycles. The number of hydrogen-bond donors (Lipinski definition) is 1. The van der Waals surface area contributed by atoms with E-state index in [9.17, 15) is 0 Å². The maximum atomic E-state index is 5.20. The highest BCUT2D eigenvalue weighted by Gasteiger charge is 2.12. The number of rotatable bonds is 3. The summed E-state index contributed by atoms with van der Waals surface area (Å²) in [5.41, 5.74) is 1.91. The number of hydrogen-bond acceptors (Lipinski definition) is 3. The number of aromatic amines is 1. The van der Waals surface area contributed by atoms with Crippen LogP contribution in [0.2, 0.25) is 0 Å². The average Bonchev–Trinajstić information content (AvgIpc) is 3.05. The highest BCUT2D eigenvalue weighted by Crippen LogP contribution is 2.22. The Morgan fingerprint density at radius 1 is 1.39 bits per heavy atom. The molecule has 1 N–H and O–H groups in total. The molecule has 1 atom stereocenters. The second-order valence-corrected chi connectivity index (χ2v) is 4.17. The maximum absolute atomic E-state index is 5.20. The third-order valence-electron chi connectivity index (χ3n) is 3.02. The molecule has 18 heavy (non-hydrogen) atoms. The van der Waals surface area contributed by atoms with Gasteiger partial charge in [0.25, 0.3) is 0 Å². The molecule has 5 nitrogen and oxygen atoms in total. The molecule has 0 aliphatic carbocycles. The van der Waals surface area contributed by atoms with E-state index in [1.165, 1.54) is 0 Å². The molecule has 1 aromatic carbocycles. The van der Waals surface area contributed by atoms with Crippen LogP contribution in [0, 0.1) is 0 Å². The molecule has 0 fully saturated rings. The van der Waals surface area contributed by atoms with Gasteiger partial charge in [0.05, 0.1) is 18.1 Å². The lowest BCUT2D eigenvalue weighted by molar-refractivity contribution is 0.415. The first kappa shape index (κ1) is 10.8. The van der Waals surface area contributed by atoms with Crippen molar-refractivity contribution in [3.05, 3.63) is 42.5 Å². The van der Waals surface area contributed by atoms with Crippen LogP contribution in [0.4, 0.5) is 0 Å². The van der Waals surface area contributed by atoms with Crippen molar-refractivity contribution in [2.45, 2.75) is 13.0 Å². The summed E-state index contributed by atoms with van der Waals surface area (Å²) in [6.07, 6.45) is 3.70. The van der Waals surface area contributed by atoms with E-state index in [-0.39, 0.29) is 6.04 Å². The molecule has 1 unspecified atom stereocenters. The number of ether oxygens (including phenoxy) is 1. The predicted octanol–water partition coefficient (Wildman–Crippen LogP) is 2.38. The van der Waals surface area contributed by atoms with Gasteiger partial charge in [-0.15, -0.1) is 0 Å². The van der Waals surface area contributed by atoms with Gasteiger partial charge in [-0.1, -0.05) is 0 Å². The fourth-order valence-electron chi connectivity index (χ4n) is 1.97. The first-order valence-corrected chi connectivity index (χ1v) is 5.80. The largest absolute Gasteiger partial charge is 0.497 e. The Morgan fingerprint density at radius 3 is 3.00 bits per heavy atom. The molecular formula is C13H14N4O. The first-order chi connectivity index (χ1) is 8.78. The average molecular weight is 242 g/mol. The zero-order valence-electron chi connectivity index (χ0n) is 10.3. The summed E-state index contributed by atoms with van der Waals surface area (Å²) in [6.45, 7) is 2.06. The van der Waals surface area contributed by atoms with Gasteiger partial charge in [-0.2, -0.15) is 5.10 Å². The van der Waals surface area contributed by atoms with Crippen LogP contribution in [0.1, 0.15) is 18.8 Å². The van der Waals surface area contributed by atoms with Gasteiger partial charge in [0.1, 0.15) is 17.6 Å².